The Balaban J connectivity index is 1.32. The van der Waals surface area contributed by atoms with Crippen molar-refractivity contribution >= 4 is 15.9 Å². The van der Waals surface area contributed by atoms with Crippen molar-refractivity contribution in [1.29, 1.82) is 0 Å². The highest BCUT2D eigenvalue weighted by molar-refractivity contribution is 7.89. The number of hydrogen-bond donors (Lipinski definition) is 2. The van der Waals surface area contributed by atoms with Crippen molar-refractivity contribution in [1.82, 2.24) is 14.9 Å². The Kier molecular flexibility index (Phi) is 8.06. The minimum absolute atomic E-state index is 0.128. The van der Waals surface area contributed by atoms with Gasteiger partial charge in [-0.1, -0.05) is 30.7 Å². The van der Waals surface area contributed by atoms with Gasteiger partial charge < -0.3 is 5.32 Å². The summed E-state index contributed by atoms with van der Waals surface area (Å²) < 4.78 is 66.3. The first-order chi connectivity index (χ1) is 17.0. The Bertz CT molecular complexity index is 1190. The fourth-order valence-corrected chi connectivity index (χ4v) is 6.33. The van der Waals surface area contributed by atoms with Crippen LogP contribution in [0.15, 0.2) is 47.4 Å². The second kappa shape index (κ2) is 10.9. The number of aryl methyl sites for hydroxylation is 1. The fourth-order valence-electron chi connectivity index (χ4n) is 5.04. The van der Waals surface area contributed by atoms with Crippen LogP contribution in [0.4, 0.5) is 13.2 Å². The van der Waals surface area contributed by atoms with Crippen LogP contribution in [0.3, 0.4) is 0 Å². The Labute approximate surface area is 210 Å². The Morgan fingerprint density at radius 2 is 1.86 bits per heavy atom. The van der Waals surface area contributed by atoms with E-state index >= 15 is 0 Å². The molecule has 0 spiro atoms. The molecule has 1 fully saturated rings. The first kappa shape index (κ1) is 26.6. The number of piperidine rings is 1. The first-order valence-electron chi connectivity index (χ1n) is 12.3. The normalized spacial score (nSPS) is 19.6. The second-order valence-corrected chi connectivity index (χ2v) is 11.5. The quantitative estimate of drug-likeness (QED) is 0.532. The van der Waals surface area contributed by atoms with Gasteiger partial charge in [0, 0.05) is 19.0 Å². The van der Waals surface area contributed by atoms with E-state index in [1.807, 2.05) is 0 Å². The third kappa shape index (κ3) is 6.66. The molecule has 1 saturated heterocycles. The number of sulfonamides is 1. The molecule has 1 aliphatic carbocycles. The summed E-state index contributed by atoms with van der Waals surface area (Å²) in [7, 11) is -4.21. The number of carbonyl (C=O) groups excluding carboxylic acids is 1. The molecule has 1 heterocycles. The molecule has 6 nitrogen and oxygen atoms in total. The average Bonchev–Trinajstić information content (AvgIpc) is 3.20. The van der Waals surface area contributed by atoms with Gasteiger partial charge in [0.15, 0.2) is 0 Å². The molecule has 0 bridgehead atoms. The molecule has 0 aromatic heterocycles. The van der Waals surface area contributed by atoms with Crippen LogP contribution in [-0.2, 0) is 34.0 Å². The molecule has 2 aliphatic rings. The molecular weight excluding hydrogens is 491 g/mol. The Morgan fingerprint density at radius 3 is 2.58 bits per heavy atom. The predicted octanol–water partition coefficient (Wildman–Crippen LogP) is 4.55. The number of likely N-dealkylation sites (tertiary alicyclic amines) is 1. The van der Waals surface area contributed by atoms with Crippen molar-refractivity contribution in [2.45, 2.75) is 75.1 Å². The van der Waals surface area contributed by atoms with Crippen LogP contribution < -0.4 is 10.0 Å². The summed E-state index contributed by atoms with van der Waals surface area (Å²) in [5, 5.41) is 2.99. The third-order valence-electron chi connectivity index (χ3n) is 6.79. The van der Waals surface area contributed by atoms with Crippen molar-refractivity contribution in [3.05, 3.63) is 64.7 Å². The number of halogens is 3. The molecule has 0 radical (unpaired) electrons. The molecule has 1 amide bonds. The molecule has 2 aromatic rings. The first-order valence-corrected chi connectivity index (χ1v) is 13.8. The zero-order chi connectivity index (χ0) is 25.9. The number of benzene rings is 2. The van der Waals surface area contributed by atoms with E-state index in [4.69, 9.17) is 0 Å². The smallest absolute Gasteiger partial charge is 0.349 e. The van der Waals surface area contributed by atoms with Gasteiger partial charge in [-0.15, -0.1) is 0 Å². The van der Waals surface area contributed by atoms with Crippen LogP contribution in [0.2, 0.25) is 0 Å². The average molecular weight is 524 g/mol. The summed E-state index contributed by atoms with van der Waals surface area (Å²) >= 11 is 0. The minimum Gasteiger partial charge on any atom is -0.349 e. The van der Waals surface area contributed by atoms with Crippen LogP contribution in [0, 0.1) is 0 Å². The lowest BCUT2D eigenvalue weighted by Gasteiger charge is -2.26. The lowest BCUT2D eigenvalue weighted by Crippen LogP contribution is -2.38. The van der Waals surface area contributed by atoms with Gasteiger partial charge >= 0.3 is 6.18 Å². The summed E-state index contributed by atoms with van der Waals surface area (Å²) in [6.45, 7) is 4.71. The van der Waals surface area contributed by atoms with Crippen molar-refractivity contribution in [3.8, 4) is 0 Å². The topological polar surface area (TPSA) is 78.5 Å². The zero-order valence-electron chi connectivity index (χ0n) is 20.3. The molecule has 0 unspecified atom stereocenters. The Hall–Kier alpha value is -2.43. The van der Waals surface area contributed by atoms with E-state index in [0.29, 0.717) is 6.07 Å². The molecule has 10 heteroatoms. The summed E-state index contributed by atoms with van der Waals surface area (Å²) in [4.78, 5) is 14.6. The molecule has 2 aromatic carbocycles. The molecule has 1 aliphatic heterocycles. The SMILES string of the molecule is C[C@@H](CC(=O)N[C@@H]1CCc2cc(CN3CCCCC3)ccc21)NS(=O)(=O)c1cccc(C(F)(F)F)c1. The minimum atomic E-state index is -4.65. The molecule has 0 saturated carbocycles. The van der Waals surface area contributed by atoms with Crippen molar-refractivity contribution in [2.24, 2.45) is 0 Å². The predicted molar refractivity (Wildman–Crippen MR) is 131 cm³/mol. The number of rotatable bonds is 8. The van der Waals surface area contributed by atoms with E-state index in [1.54, 1.807) is 0 Å². The standard InChI is InChI=1S/C26H32F3N3O3S/c1-18(31-36(34,35)22-7-5-6-21(16-22)26(27,28)29)14-25(33)30-24-11-9-20-15-19(8-10-23(20)24)17-32-12-3-2-4-13-32/h5-8,10,15-16,18,24,31H,2-4,9,11-14,17H2,1H3,(H,30,33)/t18-,24+/m0/s1. The Morgan fingerprint density at radius 1 is 1.11 bits per heavy atom. The monoisotopic (exact) mass is 523 g/mol. The van der Waals surface area contributed by atoms with Crippen LogP contribution >= 0.6 is 0 Å². The highest BCUT2D eigenvalue weighted by Gasteiger charge is 2.32. The number of fused-ring (bicyclic) bond motifs is 1. The summed E-state index contributed by atoms with van der Waals surface area (Å²) in [5.74, 6) is -0.315. The van der Waals surface area contributed by atoms with Crippen LogP contribution in [0.1, 0.15) is 67.3 Å². The van der Waals surface area contributed by atoms with E-state index in [-0.39, 0.29) is 18.4 Å². The lowest BCUT2D eigenvalue weighted by molar-refractivity contribution is -0.137. The largest absolute Gasteiger partial charge is 0.416 e. The number of nitrogens with one attached hydrogen (secondary N) is 2. The number of carbonyl (C=O) groups is 1. The molecule has 2 atom stereocenters. The zero-order valence-corrected chi connectivity index (χ0v) is 21.1. The maximum absolute atomic E-state index is 12.9. The van der Waals surface area contributed by atoms with Crippen molar-refractivity contribution in [2.75, 3.05) is 13.1 Å². The van der Waals surface area contributed by atoms with Gasteiger partial charge in [-0.25, -0.2) is 13.1 Å². The van der Waals surface area contributed by atoms with Crippen LogP contribution in [0.5, 0.6) is 0 Å². The number of alkyl halides is 3. The number of amides is 1. The van der Waals surface area contributed by atoms with Gasteiger partial charge in [-0.05, 0) is 80.6 Å². The van der Waals surface area contributed by atoms with Crippen LogP contribution in [-0.4, -0.2) is 38.4 Å². The molecule has 196 valence electrons. The van der Waals surface area contributed by atoms with Gasteiger partial charge in [-0.3, -0.25) is 9.69 Å². The highest BCUT2D eigenvalue weighted by Crippen LogP contribution is 2.33. The second-order valence-electron chi connectivity index (χ2n) is 9.78. The van der Waals surface area contributed by atoms with E-state index in [1.165, 1.54) is 37.3 Å². The summed E-state index contributed by atoms with van der Waals surface area (Å²) in [6, 6.07) is 9.03. The van der Waals surface area contributed by atoms with Crippen molar-refractivity contribution < 1.29 is 26.4 Å². The van der Waals surface area contributed by atoms with Gasteiger partial charge in [-0.2, -0.15) is 13.2 Å². The molecule has 2 N–H and O–H groups in total. The van der Waals surface area contributed by atoms with E-state index in [2.05, 4.69) is 33.1 Å². The van der Waals surface area contributed by atoms with Crippen LogP contribution in [0.25, 0.3) is 0 Å². The third-order valence-corrected chi connectivity index (χ3v) is 8.38. The van der Waals surface area contributed by atoms with Gasteiger partial charge in [0.2, 0.25) is 15.9 Å². The molecule has 36 heavy (non-hydrogen) atoms. The van der Waals surface area contributed by atoms with E-state index < -0.39 is 32.7 Å². The maximum atomic E-state index is 12.9. The van der Waals surface area contributed by atoms with E-state index in [9.17, 15) is 26.4 Å². The number of nitrogens with zero attached hydrogens (tertiary/aromatic N) is 1. The molecule has 4 rings (SSSR count). The van der Waals surface area contributed by atoms with Gasteiger partial charge in [0.25, 0.3) is 0 Å². The van der Waals surface area contributed by atoms with Gasteiger partial charge in [0.05, 0.1) is 16.5 Å². The summed E-state index contributed by atoms with van der Waals surface area (Å²) in [6.07, 6.45) is 0.652. The van der Waals surface area contributed by atoms with E-state index in [0.717, 1.165) is 56.2 Å². The molecular formula is C26H32F3N3O3S. The van der Waals surface area contributed by atoms with Gasteiger partial charge in [0.1, 0.15) is 0 Å². The number of hydrogen-bond acceptors (Lipinski definition) is 4. The lowest BCUT2D eigenvalue weighted by atomic mass is 10.0. The summed E-state index contributed by atoms with van der Waals surface area (Å²) in [5.41, 5.74) is 2.55. The fraction of sp³-hybridized carbons (Fsp3) is 0.500. The highest BCUT2D eigenvalue weighted by atomic mass is 32.2. The maximum Gasteiger partial charge on any atom is 0.416 e. The van der Waals surface area contributed by atoms with Crippen molar-refractivity contribution in [3.63, 3.8) is 0 Å².